The van der Waals surface area contributed by atoms with Gasteiger partial charge in [-0.1, -0.05) is 6.92 Å². The van der Waals surface area contributed by atoms with Gasteiger partial charge < -0.3 is 44.8 Å². The largest absolute Gasteiger partial charge is 0.394 e. The average Bonchev–Trinajstić information content (AvgIpc) is 2.75. The summed E-state index contributed by atoms with van der Waals surface area (Å²) in [5, 5.41) is 57.8. The van der Waals surface area contributed by atoms with Gasteiger partial charge in [-0.2, -0.15) is 0 Å². The van der Waals surface area contributed by atoms with Crippen LogP contribution in [-0.4, -0.2) is 93.1 Å². The standard InChI is InChI=1S/C13H24O9/c1-6-2-7(17)12(20-8(6)3-14)22-13(5-16)11(19)10(18)9(4-15)21-13/h6-12,14-19H,2-5H2,1H3/t6-,7?,8?,9+,10?,11?,12+,13-/m0/s1. The zero-order valence-electron chi connectivity index (χ0n) is 12.3. The van der Waals surface area contributed by atoms with Crippen molar-refractivity contribution in [2.45, 2.75) is 55.9 Å². The second kappa shape index (κ2) is 7.04. The number of hydrogen-bond donors (Lipinski definition) is 6. The first-order valence-electron chi connectivity index (χ1n) is 7.26. The van der Waals surface area contributed by atoms with Crippen LogP contribution in [0.3, 0.4) is 0 Å². The summed E-state index contributed by atoms with van der Waals surface area (Å²) in [4.78, 5) is 0. The van der Waals surface area contributed by atoms with Crippen LogP contribution in [0.2, 0.25) is 0 Å². The minimum Gasteiger partial charge on any atom is -0.394 e. The highest BCUT2D eigenvalue weighted by Crippen LogP contribution is 2.36. The molecule has 4 unspecified atom stereocenters. The second-order valence-electron chi connectivity index (χ2n) is 5.87. The Kier molecular flexibility index (Phi) is 5.75. The molecule has 2 fully saturated rings. The first-order chi connectivity index (χ1) is 10.4. The monoisotopic (exact) mass is 324 g/mol. The van der Waals surface area contributed by atoms with Gasteiger partial charge in [0.2, 0.25) is 5.79 Å². The molecular weight excluding hydrogens is 300 g/mol. The zero-order valence-corrected chi connectivity index (χ0v) is 12.3. The van der Waals surface area contributed by atoms with Crippen LogP contribution in [0.4, 0.5) is 0 Å². The van der Waals surface area contributed by atoms with Crippen LogP contribution < -0.4 is 0 Å². The van der Waals surface area contributed by atoms with Gasteiger partial charge in [-0.15, -0.1) is 0 Å². The van der Waals surface area contributed by atoms with Crippen molar-refractivity contribution in [2.24, 2.45) is 5.92 Å². The van der Waals surface area contributed by atoms with Gasteiger partial charge in [-0.25, -0.2) is 0 Å². The highest BCUT2D eigenvalue weighted by atomic mass is 16.8. The Balaban J connectivity index is 2.12. The normalized spacial score (nSPS) is 49.5. The van der Waals surface area contributed by atoms with E-state index in [1.54, 1.807) is 6.92 Å². The minimum absolute atomic E-state index is 0.102. The molecule has 0 aromatic carbocycles. The number of aliphatic hydroxyl groups excluding tert-OH is 6. The van der Waals surface area contributed by atoms with Crippen molar-refractivity contribution in [3.8, 4) is 0 Å². The maximum atomic E-state index is 10.0. The van der Waals surface area contributed by atoms with Crippen LogP contribution in [0.25, 0.3) is 0 Å². The van der Waals surface area contributed by atoms with E-state index in [0.29, 0.717) is 6.42 Å². The fourth-order valence-corrected chi connectivity index (χ4v) is 2.84. The molecule has 0 radical (unpaired) electrons. The minimum atomic E-state index is -2.01. The fraction of sp³-hybridized carbons (Fsp3) is 1.00. The van der Waals surface area contributed by atoms with E-state index in [4.69, 9.17) is 19.3 Å². The molecule has 0 amide bonds. The number of aliphatic hydroxyl groups is 6. The lowest BCUT2D eigenvalue weighted by Crippen LogP contribution is -2.56. The molecule has 2 rings (SSSR count). The Morgan fingerprint density at radius 1 is 1.09 bits per heavy atom. The third-order valence-electron chi connectivity index (χ3n) is 4.27. The Labute approximate surface area is 127 Å². The molecule has 0 saturated carbocycles. The lowest BCUT2D eigenvalue weighted by Gasteiger charge is -2.41. The van der Waals surface area contributed by atoms with Crippen LogP contribution in [-0.2, 0) is 14.2 Å². The van der Waals surface area contributed by atoms with Crippen LogP contribution in [0.5, 0.6) is 0 Å². The van der Waals surface area contributed by atoms with Gasteiger partial charge >= 0.3 is 0 Å². The molecule has 0 aliphatic carbocycles. The van der Waals surface area contributed by atoms with Crippen molar-refractivity contribution in [3.63, 3.8) is 0 Å². The molecule has 0 bridgehead atoms. The quantitative estimate of drug-likeness (QED) is 0.309. The molecular formula is C13H24O9. The van der Waals surface area contributed by atoms with E-state index in [1.165, 1.54) is 0 Å². The van der Waals surface area contributed by atoms with E-state index in [9.17, 15) is 25.5 Å². The predicted molar refractivity (Wildman–Crippen MR) is 70.4 cm³/mol. The first kappa shape index (κ1) is 18.0. The maximum Gasteiger partial charge on any atom is 0.224 e. The lowest BCUT2D eigenvalue weighted by molar-refractivity contribution is -0.369. The van der Waals surface area contributed by atoms with Crippen LogP contribution in [0.15, 0.2) is 0 Å². The summed E-state index contributed by atoms with van der Waals surface area (Å²) in [5.74, 6) is -2.12. The zero-order chi connectivity index (χ0) is 16.5. The Morgan fingerprint density at radius 3 is 2.23 bits per heavy atom. The Bertz CT molecular complexity index is 367. The molecule has 0 spiro atoms. The molecule has 2 heterocycles. The van der Waals surface area contributed by atoms with Gasteiger partial charge in [0.05, 0.1) is 19.3 Å². The summed E-state index contributed by atoms with van der Waals surface area (Å²) >= 11 is 0. The van der Waals surface area contributed by atoms with Crippen molar-refractivity contribution >= 4 is 0 Å². The van der Waals surface area contributed by atoms with E-state index >= 15 is 0 Å². The van der Waals surface area contributed by atoms with Crippen molar-refractivity contribution in [1.29, 1.82) is 0 Å². The molecule has 2 aliphatic heterocycles. The summed E-state index contributed by atoms with van der Waals surface area (Å²) in [5.41, 5.74) is 0. The highest BCUT2D eigenvalue weighted by Gasteiger charge is 2.57. The summed E-state index contributed by atoms with van der Waals surface area (Å²) in [7, 11) is 0. The number of ether oxygens (including phenoxy) is 3. The second-order valence-corrected chi connectivity index (χ2v) is 5.87. The smallest absolute Gasteiger partial charge is 0.224 e. The van der Waals surface area contributed by atoms with Crippen LogP contribution in [0, 0.1) is 5.92 Å². The van der Waals surface area contributed by atoms with Gasteiger partial charge in [0.15, 0.2) is 6.29 Å². The van der Waals surface area contributed by atoms with E-state index in [0.717, 1.165) is 0 Å². The summed E-state index contributed by atoms with van der Waals surface area (Å²) < 4.78 is 16.1. The van der Waals surface area contributed by atoms with E-state index in [-0.39, 0.29) is 12.5 Å². The van der Waals surface area contributed by atoms with Crippen LogP contribution >= 0.6 is 0 Å². The SMILES string of the molecule is C[C@H]1CC(O)[C@@H](O[C@]2(CO)O[C@H](CO)C(O)C2O)OC1CO. The molecule has 0 aromatic heterocycles. The molecule has 2 aliphatic rings. The van der Waals surface area contributed by atoms with Crippen molar-refractivity contribution in [2.75, 3.05) is 19.8 Å². The number of rotatable bonds is 5. The third-order valence-corrected chi connectivity index (χ3v) is 4.27. The Morgan fingerprint density at radius 2 is 1.73 bits per heavy atom. The Hall–Kier alpha value is -0.360. The van der Waals surface area contributed by atoms with Gasteiger partial charge in [-0.3, -0.25) is 0 Å². The third kappa shape index (κ3) is 3.14. The topological polar surface area (TPSA) is 149 Å². The predicted octanol–water partition coefficient (Wildman–Crippen LogP) is -3.09. The lowest BCUT2D eigenvalue weighted by atomic mass is 9.94. The average molecular weight is 324 g/mol. The van der Waals surface area contributed by atoms with E-state index in [1.807, 2.05) is 0 Å². The molecule has 0 aromatic rings. The van der Waals surface area contributed by atoms with E-state index < -0.39 is 55.8 Å². The first-order valence-corrected chi connectivity index (χ1v) is 7.26. The molecule has 22 heavy (non-hydrogen) atoms. The number of hydrogen-bond acceptors (Lipinski definition) is 9. The van der Waals surface area contributed by atoms with Crippen molar-refractivity contribution in [1.82, 2.24) is 0 Å². The van der Waals surface area contributed by atoms with Gasteiger partial charge in [-0.05, 0) is 12.3 Å². The summed E-state index contributed by atoms with van der Waals surface area (Å²) in [6.07, 6.45) is -6.79. The fourth-order valence-electron chi connectivity index (χ4n) is 2.84. The maximum absolute atomic E-state index is 10.0. The molecule has 2 saturated heterocycles. The molecule has 9 nitrogen and oxygen atoms in total. The van der Waals surface area contributed by atoms with Crippen molar-refractivity contribution in [3.05, 3.63) is 0 Å². The molecule has 6 N–H and O–H groups in total. The van der Waals surface area contributed by atoms with Crippen molar-refractivity contribution < 1.29 is 44.8 Å². The van der Waals surface area contributed by atoms with Gasteiger partial charge in [0.25, 0.3) is 0 Å². The molecule has 8 atom stereocenters. The van der Waals surface area contributed by atoms with Crippen LogP contribution in [0.1, 0.15) is 13.3 Å². The molecule has 130 valence electrons. The highest BCUT2D eigenvalue weighted by molar-refractivity contribution is 4.97. The summed E-state index contributed by atoms with van der Waals surface area (Å²) in [6, 6.07) is 0. The van der Waals surface area contributed by atoms with Gasteiger partial charge in [0.1, 0.15) is 31.0 Å². The van der Waals surface area contributed by atoms with Gasteiger partial charge in [0, 0.05) is 0 Å². The summed E-state index contributed by atoms with van der Waals surface area (Å²) in [6.45, 7) is 0.140. The molecule has 9 heteroatoms. The van der Waals surface area contributed by atoms with E-state index in [2.05, 4.69) is 0 Å².